The number of nitrogens with zero attached hydrogens (tertiary/aromatic N) is 8. The van der Waals surface area contributed by atoms with E-state index in [9.17, 15) is 14.8 Å². The van der Waals surface area contributed by atoms with Gasteiger partial charge in [-0.2, -0.15) is 20.2 Å². The van der Waals surface area contributed by atoms with Gasteiger partial charge in [-0.05, 0) is 57.2 Å². The molecule has 3 fully saturated rings. The number of rotatable bonds is 7. The number of aliphatic hydroxyl groups excluding tert-OH is 1. The molecule has 234 valence electrons. The van der Waals surface area contributed by atoms with Crippen molar-refractivity contribution < 1.29 is 14.2 Å². The van der Waals surface area contributed by atoms with E-state index in [0.717, 1.165) is 36.9 Å². The lowest BCUT2D eigenvalue weighted by Gasteiger charge is -2.48. The molecule has 6 heterocycles. The number of alkyl halides is 1. The molecule has 12 nitrogen and oxygen atoms in total. The third-order valence-electron chi connectivity index (χ3n) is 9.37. The van der Waals surface area contributed by atoms with E-state index in [1.165, 1.54) is 36.2 Å². The van der Waals surface area contributed by atoms with E-state index in [0.29, 0.717) is 54.0 Å². The van der Waals surface area contributed by atoms with Crippen molar-refractivity contribution >= 4 is 34.1 Å². The number of aliphatic hydroxyl groups is 1. The number of aromatic nitrogens is 4. The number of nitrogen functional groups attached to an aromatic ring is 2. The van der Waals surface area contributed by atoms with Crippen LogP contribution in [0.2, 0.25) is 0 Å². The van der Waals surface area contributed by atoms with Gasteiger partial charge < -0.3 is 31.1 Å². The van der Waals surface area contributed by atoms with Gasteiger partial charge >= 0.3 is 6.01 Å². The van der Waals surface area contributed by atoms with Crippen molar-refractivity contribution in [3.63, 3.8) is 0 Å². The summed E-state index contributed by atoms with van der Waals surface area (Å²) >= 11 is 1.53. The maximum absolute atomic E-state index is 12.6. The molecule has 3 atom stereocenters. The first-order valence-electron chi connectivity index (χ1n) is 15.1. The van der Waals surface area contributed by atoms with Crippen LogP contribution < -0.4 is 26.0 Å². The zero-order valence-corrected chi connectivity index (χ0v) is 25.9. The highest BCUT2D eigenvalue weighted by molar-refractivity contribution is 7.16. The first-order chi connectivity index (χ1) is 21.3. The minimum Gasteiger partial charge on any atom is -0.467 e. The molecule has 3 aliphatic heterocycles. The SMILES string of the molecule is COc1nc(N2CC3(CCc4sc(N)c(C#N)c43)C2)nc(N(CCO)C(C)c2cccnc2N)n1.FC1CC2CCCN2C1. The van der Waals surface area contributed by atoms with E-state index in [-0.39, 0.29) is 30.6 Å². The Kier molecular flexibility index (Phi) is 8.45. The van der Waals surface area contributed by atoms with E-state index in [1.54, 1.807) is 6.20 Å². The number of halogens is 1. The fourth-order valence-corrected chi connectivity index (χ4v) is 8.35. The zero-order valence-electron chi connectivity index (χ0n) is 25.1. The lowest BCUT2D eigenvalue weighted by molar-refractivity contribution is 0.292. The summed E-state index contributed by atoms with van der Waals surface area (Å²) in [5.41, 5.74) is 14.6. The Morgan fingerprint density at radius 2 is 2.14 bits per heavy atom. The van der Waals surface area contributed by atoms with Gasteiger partial charge in [0.2, 0.25) is 11.9 Å². The number of nitrogens with two attached hydrogens (primary N) is 2. The number of hydrogen-bond acceptors (Lipinski definition) is 13. The Morgan fingerprint density at radius 1 is 1.32 bits per heavy atom. The Labute approximate surface area is 260 Å². The maximum Gasteiger partial charge on any atom is 0.322 e. The fraction of sp³-hybridized carbons (Fsp3) is 0.567. The number of fused-ring (bicyclic) bond motifs is 3. The average Bonchev–Trinajstić information content (AvgIpc) is 3.75. The molecule has 3 saturated heterocycles. The molecule has 0 saturated carbocycles. The molecule has 0 bridgehead atoms. The Balaban J connectivity index is 0.000000323. The van der Waals surface area contributed by atoms with E-state index >= 15 is 0 Å². The lowest BCUT2D eigenvalue weighted by Crippen LogP contribution is -2.59. The average molecular weight is 623 g/mol. The summed E-state index contributed by atoms with van der Waals surface area (Å²) in [5, 5.41) is 20.0. The van der Waals surface area contributed by atoms with E-state index < -0.39 is 6.17 Å². The van der Waals surface area contributed by atoms with Crippen LogP contribution in [0.15, 0.2) is 18.3 Å². The van der Waals surface area contributed by atoms with E-state index in [4.69, 9.17) is 21.2 Å². The second kappa shape index (κ2) is 12.3. The van der Waals surface area contributed by atoms with Crippen molar-refractivity contribution in [2.45, 2.75) is 62.7 Å². The van der Waals surface area contributed by atoms with Crippen LogP contribution in [0, 0.1) is 11.3 Å². The highest BCUT2D eigenvalue weighted by Crippen LogP contribution is 2.52. The zero-order chi connectivity index (χ0) is 31.0. The second-order valence-electron chi connectivity index (χ2n) is 12.0. The number of ether oxygens (including phenoxy) is 1. The van der Waals surface area contributed by atoms with E-state index in [2.05, 4.69) is 30.8 Å². The molecule has 3 unspecified atom stereocenters. The van der Waals surface area contributed by atoms with Crippen LogP contribution in [0.5, 0.6) is 6.01 Å². The van der Waals surface area contributed by atoms with Crippen LogP contribution >= 0.6 is 11.3 Å². The first-order valence-corrected chi connectivity index (χ1v) is 15.9. The highest BCUT2D eigenvalue weighted by Gasteiger charge is 2.52. The van der Waals surface area contributed by atoms with Crippen molar-refractivity contribution in [3.05, 3.63) is 39.9 Å². The van der Waals surface area contributed by atoms with Crippen LogP contribution in [0.25, 0.3) is 0 Å². The van der Waals surface area contributed by atoms with Crippen LogP contribution in [-0.4, -0.2) is 88.6 Å². The number of anilines is 4. The van der Waals surface area contributed by atoms with Gasteiger partial charge in [0.25, 0.3) is 0 Å². The van der Waals surface area contributed by atoms with Crippen LogP contribution in [0.1, 0.15) is 60.2 Å². The highest BCUT2D eigenvalue weighted by atomic mass is 32.1. The van der Waals surface area contributed by atoms with Gasteiger partial charge in [0.05, 0.1) is 25.3 Å². The molecule has 3 aromatic rings. The molecule has 1 spiro atoms. The largest absolute Gasteiger partial charge is 0.467 e. The van der Waals surface area contributed by atoms with Gasteiger partial charge in [-0.25, -0.2) is 9.37 Å². The Hall–Kier alpha value is -3.80. The Morgan fingerprint density at radius 3 is 2.84 bits per heavy atom. The fourth-order valence-electron chi connectivity index (χ4n) is 7.21. The minimum atomic E-state index is -0.518. The molecule has 0 aromatic carbocycles. The lowest BCUT2D eigenvalue weighted by atomic mass is 9.74. The maximum atomic E-state index is 12.6. The number of aryl methyl sites for hydroxylation is 1. The molecule has 14 heteroatoms. The predicted octanol–water partition coefficient (Wildman–Crippen LogP) is 2.83. The molecule has 3 aromatic heterocycles. The molecular weight excluding hydrogens is 583 g/mol. The normalized spacial score (nSPS) is 22.0. The van der Waals surface area contributed by atoms with Gasteiger partial charge in [-0.15, -0.1) is 11.3 Å². The number of pyridine rings is 1. The summed E-state index contributed by atoms with van der Waals surface area (Å²) in [6.45, 7) is 5.37. The molecule has 4 aliphatic rings. The topological polar surface area (TPSA) is 167 Å². The van der Waals surface area contributed by atoms with Crippen LogP contribution in [-0.2, 0) is 11.8 Å². The second-order valence-corrected chi connectivity index (χ2v) is 13.1. The van der Waals surface area contributed by atoms with Gasteiger partial charge in [-0.1, -0.05) is 6.07 Å². The molecular formula is C30H39FN10O2S. The van der Waals surface area contributed by atoms with Gasteiger partial charge in [0.1, 0.15) is 23.1 Å². The summed E-state index contributed by atoms with van der Waals surface area (Å²) in [6.07, 6.45) is 6.36. The summed E-state index contributed by atoms with van der Waals surface area (Å²) in [4.78, 5) is 25.3. The predicted molar refractivity (Wildman–Crippen MR) is 168 cm³/mol. The Bertz CT molecular complexity index is 1530. The van der Waals surface area contributed by atoms with Crippen LogP contribution in [0.3, 0.4) is 0 Å². The van der Waals surface area contributed by atoms with Crippen molar-refractivity contribution in [1.82, 2.24) is 24.8 Å². The number of nitriles is 1. The van der Waals surface area contributed by atoms with Crippen molar-refractivity contribution in [2.24, 2.45) is 0 Å². The van der Waals surface area contributed by atoms with Gasteiger partial charge in [0, 0.05) is 54.3 Å². The van der Waals surface area contributed by atoms with Crippen LogP contribution in [0.4, 0.5) is 27.1 Å². The summed E-state index contributed by atoms with van der Waals surface area (Å²) < 4.78 is 18.0. The summed E-state index contributed by atoms with van der Waals surface area (Å²) in [7, 11) is 1.51. The third kappa shape index (κ3) is 5.48. The standard InChI is InChI=1S/C23H27N9O2S.C7H12FN/c1-13(14-4-3-7-27-18(14)25)32(8-9-33)21-28-20(29-22(30-21)34-2)31-11-23(12-31)6-5-16-17(23)15(10-24)19(26)35-16;8-6-4-7-2-1-3-9(7)5-6/h3-4,7,13,33H,5-6,8-9,11-12,26H2,1-2H3,(H2,25,27);6-7H,1-5H2. The third-order valence-corrected chi connectivity index (χ3v) is 10.4. The summed E-state index contributed by atoms with van der Waals surface area (Å²) in [6, 6.07) is 6.57. The van der Waals surface area contributed by atoms with Crippen molar-refractivity contribution in [3.8, 4) is 12.1 Å². The van der Waals surface area contributed by atoms with Crippen molar-refractivity contribution in [1.29, 1.82) is 5.26 Å². The van der Waals surface area contributed by atoms with Crippen molar-refractivity contribution in [2.75, 3.05) is 67.7 Å². The number of hydrogen-bond donors (Lipinski definition) is 3. The molecule has 44 heavy (non-hydrogen) atoms. The molecule has 0 radical (unpaired) electrons. The number of methoxy groups -OCH3 is 1. The molecule has 1 aliphatic carbocycles. The first kappa shape index (κ1) is 30.2. The number of thiophene rings is 1. The quantitative estimate of drug-likeness (QED) is 0.353. The molecule has 7 rings (SSSR count). The monoisotopic (exact) mass is 622 g/mol. The molecule has 5 N–H and O–H groups in total. The molecule has 0 amide bonds. The van der Waals surface area contributed by atoms with Gasteiger partial charge in [-0.3, -0.25) is 4.90 Å². The minimum absolute atomic E-state index is 0.0973. The van der Waals surface area contributed by atoms with Gasteiger partial charge in [0.15, 0.2) is 0 Å². The van der Waals surface area contributed by atoms with E-state index in [1.807, 2.05) is 24.0 Å². The summed E-state index contributed by atoms with van der Waals surface area (Å²) in [5.74, 6) is 1.28. The smallest absolute Gasteiger partial charge is 0.322 e.